The van der Waals surface area contributed by atoms with Gasteiger partial charge < -0.3 is 14.4 Å². The lowest BCUT2D eigenvalue weighted by Gasteiger charge is -2.45. The highest BCUT2D eigenvalue weighted by atomic mass is 19.1. The van der Waals surface area contributed by atoms with Crippen LogP contribution < -0.4 is 4.90 Å². The van der Waals surface area contributed by atoms with E-state index in [1.54, 1.807) is 6.07 Å². The quantitative estimate of drug-likeness (QED) is 0.788. The van der Waals surface area contributed by atoms with Crippen molar-refractivity contribution in [1.29, 1.82) is 5.26 Å². The summed E-state index contributed by atoms with van der Waals surface area (Å²) in [7, 11) is 0. The Morgan fingerprint density at radius 1 is 1.25 bits per heavy atom. The summed E-state index contributed by atoms with van der Waals surface area (Å²) in [4.78, 5) is 2.13. The molecule has 2 aliphatic rings. The van der Waals surface area contributed by atoms with Crippen LogP contribution in [0.15, 0.2) is 18.2 Å². The van der Waals surface area contributed by atoms with Crippen molar-refractivity contribution >= 4 is 5.69 Å². The first-order valence-electron chi connectivity index (χ1n) is 6.89. The van der Waals surface area contributed by atoms with Crippen molar-refractivity contribution in [3.05, 3.63) is 29.6 Å². The van der Waals surface area contributed by atoms with Crippen molar-refractivity contribution in [1.82, 2.24) is 0 Å². The molecule has 4 nitrogen and oxygen atoms in total. The molecule has 0 N–H and O–H groups in total. The molecule has 106 valence electrons. The molecule has 1 aromatic carbocycles. The summed E-state index contributed by atoms with van der Waals surface area (Å²) >= 11 is 0. The van der Waals surface area contributed by atoms with Crippen molar-refractivity contribution in [3.63, 3.8) is 0 Å². The molecule has 2 fully saturated rings. The van der Waals surface area contributed by atoms with E-state index in [1.165, 1.54) is 12.1 Å². The summed E-state index contributed by atoms with van der Waals surface area (Å²) in [6.07, 6.45) is 1.74. The number of ether oxygens (including phenoxy) is 2. The third-order valence-corrected chi connectivity index (χ3v) is 4.07. The molecule has 2 heterocycles. The van der Waals surface area contributed by atoms with E-state index in [0.29, 0.717) is 25.4 Å². The van der Waals surface area contributed by atoms with Crippen LogP contribution in [0.1, 0.15) is 18.4 Å². The van der Waals surface area contributed by atoms with Crippen LogP contribution in [0, 0.1) is 17.1 Å². The number of nitrogens with zero attached hydrogens (tertiary/aromatic N) is 2. The van der Waals surface area contributed by atoms with Crippen LogP contribution in [-0.4, -0.2) is 38.5 Å². The van der Waals surface area contributed by atoms with Gasteiger partial charge in [0.25, 0.3) is 0 Å². The second-order valence-electron chi connectivity index (χ2n) is 5.34. The average molecular weight is 276 g/mol. The molecule has 0 aliphatic carbocycles. The van der Waals surface area contributed by atoms with Gasteiger partial charge in [-0.25, -0.2) is 4.39 Å². The second-order valence-corrected chi connectivity index (χ2v) is 5.34. The maximum absolute atomic E-state index is 13.2. The van der Waals surface area contributed by atoms with Gasteiger partial charge in [0.2, 0.25) is 0 Å². The fraction of sp³-hybridized carbons (Fsp3) is 0.533. The Balaban J connectivity index is 1.85. The third kappa shape index (κ3) is 2.49. The van der Waals surface area contributed by atoms with Gasteiger partial charge in [-0.2, -0.15) is 5.26 Å². The summed E-state index contributed by atoms with van der Waals surface area (Å²) in [5, 5.41) is 9.18. The number of hydrogen-bond donors (Lipinski definition) is 0. The first kappa shape index (κ1) is 13.3. The van der Waals surface area contributed by atoms with Crippen molar-refractivity contribution < 1.29 is 13.9 Å². The zero-order valence-electron chi connectivity index (χ0n) is 11.3. The number of rotatable bonds is 1. The van der Waals surface area contributed by atoms with Crippen LogP contribution in [0.2, 0.25) is 0 Å². The van der Waals surface area contributed by atoms with Crippen LogP contribution in [0.5, 0.6) is 0 Å². The van der Waals surface area contributed by atoms with E-state index in [1.807, 2.05) is 0 Å². The molecule has 2 aliphatic heterocycles. The Labute approximate surface area is 117 Å². The van der Waals surface area contributed by atoms with Crippen LogP contribution in [0.3, 0.4) is 0 Å². The number of anilines is 1. The van der Waals surface area contributed by atoms with Gasteiger partial charge in [-0.3, -0.25) is 0 Å². The molecule has 0 radical (unpaired) electrons. The van der Waals surface area contributed by atoms with Gasteiger partial charge in [0, 0.05) is 39.1 Å². The fourth-order valence-electron chi connectivity index (χ4n) is 2.97. The lowest BCUT2D eigenvalue weighted by molar-refractivity contribution is -0.116. The Kier molecular flexibility index (Phi) is 3.60. The molecular weight excluding hydrogens is 259 g/mol. The SMILES string of the molecule is N#Cc1cc(F)ccc1N1CCOC2(CCOCC2)C1. The summed E-state index contributed by atoms with van der Waals surface area (Å²) in [5.41, 5.74) is 0.995. The van der Waals surface area contributed by atoms with Crippen LogP contribution >= 0.6 is 0 Å². The molecule has 5 heteroatoms. The number of nitriles is 1. The minimum atomic E-state index is -0.376. The minimum Gasteiger partial charge on any atom is -0.381 e. The predicted molar refractivity (Wildman–Crippen MR) is 72.1 cm³/mol. The van der Waals surface area contributed by atoms with Crippen LogP contribution in [0.4, 0.5) is 10.1 Å². The second kappa shape index (κ2) is 5.39. The Morgan fingerprint density at radius 3 is 2.80 bits per heavy atom. The van der Waals surface area contributed by atoms with Gasteiger partial charge in [-0.05, 0) is 18.2 Å². The molecule has 2 saturated heterocycles. The molecule has 20 heavy (non-hydrogen) atoms. The van der Waals surface area contributed by atoms with Gasteiger partial charge in [0.1, 0.15) is 11.9 Å². The van der Waals surface area contributed by atoms with Crippen LogP contribution in [-0.2, 0) is 9.47 Å². The largest absolute Gasteiger partial charge is 0.381 e. The monoisotopic (exact) mass is 276 g/mol. The summed E-state index contributed by atoms with van der Waals surface area (Å²) in [6.45, 7) is 3.51. The molecule has 3 rings (SSSR count). The fourth-order valence-corrected chi connectivity index (χ4v) is 2.97. The number of morpholine rings is 1. The molecule has 0 saturated carbocycles. The lowest BCUT2D eigenvalue weighted by atomic mass is 9.91. The maximum Gasteiger partial charge on any atom is 0.124 e. The van der Waals surface area contributed by atoms with Crippen molar-refractivity contribution in [3.8, 4) is 6.07 Å². The molecule has 0 atom stereocenters. The first-order chi connectivity index (χ1) is 9.72. The Bertz CT molecular complexity index is 530. The molecule has 0 unspecified atom stereocenters. The molecule has 0 bridgehead atoms. The van der Waals surface area contributed by atoms with E-state index in [4.69, 9.17) is 9.47 Å². The third-order valence-electron chi connectivity index (χ3n) is 4.07. The summed E-state index contributed by atoms with van der Waals surface area (Å²) in [6, 6.07) is 6.46. The van der Waals surface area contributed by atoms with E-state index in [0.717, 1.165) is 31.6 Å². The normalized spacial score (nSPS) is 21.7. The molecular formula is C15H17FN2O2. The van der Waals surface area contributed by atoms with E-state index in [9.17, 15) is 9.65 Å². The van der Waals surface area contributed by atoms with Crippen molar-refractivity contribution in [2.45, 2.75) is 18.4 Å². The van der Waals surface area contributed by atoms with Gasteiger partial charge in [0.05, 0.1) is 23.5 Å². The standard InChI is InChI=1S/C15H17FN2O2/c16-13-1-2-14(12(9-13)10-17)18-5-8-20-15(11-18)3-6-19-7-4-15/h1-2,9H,3-8,11H2. The summed E-state index contributed by atoms with van der Waals surface area (Å²) < 4.78 is 24.6. The Morgan fingerprint density at radius 2 is 2.05 bits per heavy atom. The molecule has 0 aromatic heterocycles. The zero-order valence-corrected chi connectivity index (χ0v) is 11.3. The van der Waals surface area contributed by atoms with Crippen LogP contribution in [0.25, 0.3) is 0 Å². The molecule has 1 aromatic rings. The number of hydrogen-bond acceptors (Lipinski definition) is 4. The van der Waals surface area contributed by atoms with Gasteiger partial charge in [-0.15, -0.1) is 0 Å². The van der Waals surface area contributed by atoms with E-state index in [-0.39, 0.29) is 11.4 Å². The van der Waals surface area contributed by atoms with Gasteiger partial charge in [0.15, 0.2) is 0 Å². The minimum absolute atomic E-state index is 0.183. The summed E-state index contributed by atoms with van der Waals surface area (Å²) in [5.74, 6) is -0.376. The highest BCUT2D eigenvalue weighted by Crippen LogP contribution is 2.32. The van der Waals surface area contributed by atoms with E-state index >= 15 is 0 Å². The predicted octanol–water partition coefficient (Wildman–Crippen LogP) is 2.08. The topological polar surface area (TPSA) is 45.5 Å². The first-order valence-corrected chi connectivity index (χ1v) is 6.89. The van der Waals surface area contributed by atoms with E-state index in [2.05, 4.69) is 11.0 Å². The van der Waals surface area contributed by atoms with Gasteiger partial charge in [-0.1, -0.05) is 0 Å². The number of benzene rings is 1. The average Bonchev–Trinajstić information content (AvgIpc) is 2.48. The van der Waals surface area contributed by atoms with Crippen molar-refractivity contribution in [2.24, 2.45) is 0 Å². The highest BCUT2D eigenvalue weighted by Gasteiger charge is 2.38. The van der Waals surface area contributed by atoms with E-state index < -0.39 is 0 Å². The van der Waals surface area contributed by atoms with Gasteiger partial charge >= 0.3 is 0 Å². The smallest absolute Gasteiger partial charge is 0.124 e. The maximum atomic E-state index is 13.2. The zero-order chi connectivity index (χ0) is 14.0. The van der Waals surface area contributed by atoms with Crippen molar-refractivity contribution in [2.75, 3.05) is 37.8 Å². The Hall–Kier alpha value is -1.64. The number of halogens is 1. The molecule has 0 amide bonds. The molecule has 1 spiro atoms. The lowest BCUT2D eigenvalue weighted by Crippen LogP contribution is -2.54. The highest BCUT2D eigenvalue weighted by molar-refractivity contribution is 5.59.